The van der Waals surface area contributed by atoms with Crippen molar-refractivity contribution in [3.05, 3.63) is 24.3 Å². The first kappa shape index (κ1) is 14.8. The number of nitrogens with one attached hydrogen (secondary N) is 2. The third kappa shape index (κ3) is 4.20. The monoisotopic (exact) mass is 291 g/mol. The van der Waals surface area contributed by atoms with Crippen LogP contribution in [0.2, 0.25) is 0 Å². The summed E-state index contributed by atoms with van der Waals surface area (Å²) in [6.45, 7) is 2.26. The van der Waals surface area contributed by atoms with Crippen molar-refractivity contribution in [3.63, 3.8) is 0 Å². The Hall–Kier alpha value is -2.57. The van der Waals surface area contributed by atoms with Gasteiger partial charge in [-0.25, -0.2) is 4.79 Å². The fourth-order valence-electron chi connectivity index (χ4n) is 1.93. The summed E-state index contributed by atoms with van der Waals surface area (Å²) < 4.78 is 5.51. The summed E-state index contributed by atoms with van der Waals surface area (Å²) in [6, 6.07) is 6.64. The highest BCUT2D eigenvalue weighted by Gasteiger charge is 2.27. The molecule has 21 heavy (non-hydrogen) atoms. The number of ether oxygens (including phenoxy) is 1. The number of carbonyl (C=O) groups excluding carboxylic acids is 3. The molecule has 4 amide bonds. The van der Waals surface area contributed by atoms with E-state index in [1.165, 1.54) is 11.8 Å². The topological polar surface area (TPSA) is 87.7 Å². The van der Waals surface area contributed by atoms with E-state index < -0.39 is 0 Å². The maximum absolute atomic E-state index is 11.3. The lowest BCUT2D eigenvalue weighted by Crippen LogP contribution is -2.32. The molecule has 1 aromatic carbocycles. The van der Waals surface area contributed by atoms with Crippen molar-refractivity contribution < 1.29 is 19.1 Å². The second-order valence-electron chi connectivity index (χ2n) is 4.61. The smallest absolute Gasteiger partial charge is 0.324 e. The van der Waals surface area contributed by atoms with Gasteiger partial charge in [-0.05, 0) is 30.7 Å². The van der Waals surface area contributed by atoms with Crippen molar-refractivity contribution in [1.29, 1.82) is 0 Å². The Balaban J connectivity index is 1.72. The molecule has 1 fully saturated rings. The summed E-state index contributed by atoms with van der Waals surface area (Å²) in [5, 5.41) is 5.12. The van der Waals surface area contributed by atoms with Crippen molar-refractivity contribution in [1.82, 2.24) is 10.2 Å². The molecule has 0 unspecified atom stereocenters. The molecule has 2 N–H and O–H groups in total. The Morgan fingerprint density at radius 1 is 1.33 bits per heavy atom. The van der Waals surface area contributed by atoms with Gasteiger partial charge in [-0.3, -0.25) is 14.5 Å². The summed E-state index contributed by atoms with van der Waals surface area (Å²) in [5.41, 5.74) is 0.703. The van der Waals surface area contributed by atoms with Crippen molar-refractivity contribution in [2.24, 2.45) is 0 Å². The van der Waals surface area contributed by atoms with E-state index in [4.69, 9.17) is 4.74 Å². The normalized spacial score (nSPS) is 14.0. The zero-order valence-corrected chi connectivity index (χ0v) is 11.7. The van der Waals surface area contributed by atoms with Crippen LogP contribution < -0.4 is 15.4 Å². The van der Waals surface area contributed by atoms with Crippen molar-refractivity contribution in [3.8, 4) is 5.75 Å². The van der Waals surface area contributed by atoms with Gasteiger partial charge in [-0.2, -0.15) is 0 Å². The maximum atomic E-state index is 11.3. The maximum Gasteiger partial charge on any atom is 0.324 e. The van der Waals surface area contributed by atoms with Gasteiger partial charge in [0, 0.05) is 19.2 Å². The first-order valence-electron chi connectivity index (χ1n) is 6.65. The summed E-state index contributed by atoms with van der Waals surface area (Å²) in [5.74, 6) is 0.332. The zero-order chi connectivity index (χ0) is 15.2. The predicted octanol–water partition coefficient (Wildman–Crippen LogP) is 0.966. The lowest BCUT2D eigenvalue weighted by molar-refractivity contribution is -0.125. The molecule has 2 rings (SSSR count). The predicted molar refractivity (Wildman–Crippen MR) is 76.0 cm³/mol. The zero-order valence-electron chi connectivity index (χ0n) is 11.7. The van der Waals surface area contributed by atoms with Gasteiger partial charge >= 0.3 is 6.03 Å². The highest BCUT2D eigenvalue weighted by molar-refractivity contribution is 6.01. The van der Waals surface area contributed by atoms with Gasteiger partial charge in [0.2, 0.25) is 11.8 Å². The number of benzene rings is 1. The summed E-state index contributed by atoms with van der Waals surface area (Å²) in [6.07, 6.45) is 0.562. The third-order valence-electron chi connectivity index (χ3n) is 2.91. The minimum Gasteiger partial charge on any atom is -0.494 e. The molecule has 1 aliphatic rings. The second-order valence-corrected chi connectivity index (χ2v) is 4.61. The van der Waals surface area contributed by atoms with Crippen LogP contribution in [0.5, 0.6) is 5.75 Å². The van der Waals surface area contributed by atoms with Crippen LogP contribution in [0.3, 0.4) is 0 Å². The van der Waals surface area contributed by atoms with Crippen LogP contribution in [0.4, 0.5) is 10.5 Å². The van der Waals surface area contributed by atoms with Gasteiger partial charge in [0.25, 0.3) is 0 Å². The molecule has 7 heteroatoms. The van der Waals surface area contributed by atoms with E-state index in [9.17, 15) is 14.4 Å². The molecule has 0 aliphatic carbocycles. The average Bonchev–Trinajstić information content (AvgIpc) is 2.76. The van der Waals surface area contributed by atoms with Crippen molar-refractivity contribution >= 4 is 23.5 Å². The highest BCUT2D eigenvalue weighted by Crippen LogP contribution is 2.15. The molecule has 0 atom stereocenters. The van der Waals surface area contributed by atoms with Gasteiger partial charge in [0.15, 0.2) is 0 Å². The molecule has 1 aliphatic heterocycles. The SMILES string of the molecule is CC(=O)Nc1ccc(OCCCN2C(=O)CNC2=O)cc1. The van der Waals surface area contributed by atoms with Gasteiger partial charge in [-0.1, -0.05) is 0 Å². The largest absolute Gasteiger partial charge is 0.494 e. The lowest BCUT2D eigenvalue weighted by Gasteiger charge is -2.12. The van der Waals surface area contributed by atoms with Gasteiger partial charge in [0.05, 0.1) is 13.2 Å². The molecule has 0 radical (unpaired) electrons. The van der Waals surface area contributed by atoms with Crippen LogP contribution in [0.15, 0.2) is 24.3 Å². The Morgan fingerprint density at radius 3 is 2.62 bits per heavy atom. The highest BCUT2D eigenvalue weighted by atomic mass is 16.5. The molecule has 0 saturated carbocycles. The molecule has 0 bridgehead atoms. The first-order chi connectivity index (χ1) is 10.1. The van der Waals surface area contributed by atoms with Crippen molar-refractivity contribution in [2.75, 3.05) is 25.0 Å². The van der Waals surface area contributed by atoms with Gasteiger partial charge < -0.3 is 15.4 Å². The van der Waals surface area contributed by atoms with Crippen LogP contribution in [0.25, 0.3) is 0 Å². The van der Waals surface area contributed by atoms with E-state index in [-0.39, 0.29) is 24.4 Å². The molecule has 112 valence electrons. The third-order valence-corrected chi connectivity index (χ3v) is 2.91. The Morgan fingerprint density at radius 2 is 2.05 bits per heavy atom. The Kier molecular flexibility index (Phi) is 4.76. The molecule has 7 nitrogen and oxygen atoms in total. The summed E-state index contributed by atoms with van der Waals surface area (Å²) >= 11 is 0. The number of hydrogen-bond donors (Lipinski definition) is 2. The number of rotatable bonds is 6. The van der Waals surface area contributed by atoms with E-state index in [0.29, 0.717) is 31.0 Å². The summed E-state index contributed by atoms with van der Waals surface area (Å²) in [7, 11) is 0. The molecule has 1 aromatic rings. The molecule has 0 spiro atoms. The standard InChI is InChI=1S/C14H17N3O4/c1-10(18)16-11-3-5-12(6-4-11)21-8-2-7-17-13(19)9-15-14(17)20/h3-6H,2,7-9H2,1H3,(H,15,20)(H,16,18). The fourth-order valence-corrected chi connectivity index (χ4v) is 1.93. The second kappa shape index (κ2) is 6.74. The van der Waals surface area contributed by atoms with Crippen LogP contribution in [0.1, 0.15) is 13.3 Å². The quantitative estimate of drug-likeness (QED) is 0.604. The molecular weight excluding hydrogens is 274 g/mol. The summed E-state index contributed by atoms with van der Waals surface area (Å²) in [4.78, 5) is 34.7. The number of amides is 4. The van der Waals surface area contributed by atoms with E-state index in [2.05, 4.69) is 10.6 Å². The number of hydrogen-bond acceptors (Lipinski definition) is 4. The Bertz CT molecular complexity index is 526. The number of carbonyl (C=O) groups is 3. The molecule has 0 aromatic heterocycles. The number of urea groups is 1. The minimum absolute atomic E-state index is 0.0737. The van der Waals surface area contributed by atoms with Crippen LogP contribution >= 0.6 is 0 Å². The van der Waals surface area contributed by atoms with E-state index in [1.54, 1.807) is 24.3 Å². The number of anilines is 1. The van der Waals surface area contributed by atoms with Crippen LogP contribution in [-0.2, 0) is 9.59 Å². The first-order valence-corrected chi connectivity index (χ1v) is 6.65. The molecule has 1 heterocycles. The van der Waals surface area contributed by atoms with Crippen LogP contribution in [0, 0.1) is 0 Å². The molecule has 1 saturated heterocycles. The average molecular weight is 291 g/mol. The van der Waals surface area contributed by atoms with E-state index >= 15 is 0 Å². The fraction of sp³-hybridized carbons (Fsp3) is 0.357. The van der Waals surface area contributed by atoms with E-state index in [1.807, 2.05) is 0 Å². The van der Waals surface area contributed by atoms with E-state index in [0.717, 1.165) is 0 Å². The van der Waals surface area contributed by atoms with Gasteiger partial charge in [0.1, 0.15) is 5.75 Å². The lowest BCUT2D eigenvalue weighted by atomic mass is 10.3. The number of imide groups is 1. The van der Waals surface area contributed by atoms with Gasteiger partial charge in [-0.15, -0.1) is 0 Å². The number of nitrogens with zero attached hydrogens (tertiary/aromatic N) is 1. The van der Waals surface area contributed by atoms with Crippen LogP contribution in [-0.4, -0.2) is 42.4 Å². The Labute approximate surface area is 122 Å². The molecular formula is C14H17N3O4. The minimum atomic E-state index is -0.348. The van der Waals surface area contributed by atoms with Crippen molar-refractivity contribution in [2.45, 2.75) is 13.3 Å².